The predicted molar refractivity (Wildman–Crippen MR) is 124 cm³/mol. The number of likely N-dealkylation sites (tertiary alicyclic amines) is 1. The summed E-state index contributed by atoms with van der Waals surface area (Å²) >= 11 is 0. The Balaban J connectivity index is 1.75. The number of aliphatic hydroxyl groups is 1. The maximum Gasteiger partial charge on any atom is 0.317 e. The minimum absolute atomic E-state index is 0.0352. The first-order chi connectivity index (χ1) is 16.0. The Bertz CT molecular complexity index is 1010. The highest BCUT2D eigenvalue weighted by Gasteiger charge is 2.49. The van der Waals surface area contributed by atoms with Gasteiger partial charge in [0.1, 0.15) is 12.4 Å². The number of ether oxygens (including phenoxy) is 2. The maximum atomic E-state index is 13.0. The largest absolute Gasteiger partial charge is 0.497 e. The summed E-state index contributed by atoms with van der Waals surface area (Å²) in [4.78, 5) is 32.6. The van der Waals surface area contributed by atoms with Crippen molar-refractivity contribution in [3.8, 4) is 5.75 Å². The molecule has 3 N–H and O–H groups in total. The topological polar surface area (TPSA) is 107 Å². The molecule has 1 fully saturated rings. The van der Waals surface area contributed by atoms with Crippen LogP contribution < -0.4 is 10.1 Å². The molecule has 9 heteroatoms. The average Bonchev–Trinajstić information content (AvgIpc) is 3.22. The number of H-pyrrole nitrogens is 1. The number of fused-ring (bicyclic) bond motifs is 4. The van der Waals surface area contributed by atoms with Gasteiger partial charge in [0, 0.05) is 61.4 Å². The number of aromatic amines is 1. The Morgan fingerprint density at radius 3 is 2.67 bits per heavy atom. The third kappa shape index (κ3) is 4.15. The van der Waals surface area contributed by atoms with Crippen molar-refractivity contribution < 1.29 is 24.2 Å². The number of nitrogens with zero attached hydrogens (tertiary/aromatic N) is 2. The molecule has 0 saturated carbocycles. The number of benzene rings is 1. The van der Waals surface area contributed by atoms with Gasteiger partial charge in [-0.3, -0.25) is 4.79 Å². The molecule has 4 rings (SSSR count). The normalized spacial score (nSPS) is 19.6. The van der Waals surface area contributed by atoms with E-state index in [-0.39, 0.29) is 30.6 Å². The molecule has 2 aromatic rings. The van der Waals surface area contributed by atoms with Crippen LogP contribution in [-0.4, -0.2) is 85.4 Å². The van der Waals surface area contributed by atoms with Crippen LogP contribution in [0.15, 0.2) is 18.2 Å². The van der Waals surface area contributed by atoms with Crippen LogP contribution >= 0.6 is 0 Å². The van der Waals surface area contributed by atoms with Crippen molar-refractivity contribution >= 4 is 22.8 Å². The van der Waals surface area contributed by atoms with Gasteiger partial charge in [-0.15, -0.1) is 0 Å². The molecule has 0 unspecified atom stereocenters. The highest BCUT2D eigenvalue weighted by Crippen LogP contribution is 2.49. The highest BCUT2D eigenvalue weighted by molar-refractivity contribution is 5.89. The Hall–Kier alpha value is -2.78. The van der Waals surface area contributed by atoms with Crippen molar-refractivity contribution in [2.24, 2.45) is 0 Å². The van der Waals surface area contributed by atoms with Crippen molar-refractivity contribution in [2.75, 3.05) is 53.6 Å². The zero-order valence-corrected chi connectivity index (χ0v) is 19.6. The Morgan fingerprint density at radius 2 is 2.03 bits per heavy atom. The number of methoxy groups -OCH3 is 2. The zero-order valence-electron chi connectivity index (χ0n) is 19.6. The van der Waals surface area contributed by atoms with Crippen molar-refractivity contribution in [1.82, 2.24) is 20.1 Å². The van der Waals surface area contributed by atoms with Crippen LogP contribution in [0.3, 0.4) is 0 Å². The van der Waals surface area contributed by atoms with Crippen LogP contribution in [0.2, 0.25) is 0 Å². The monoisotopic (exact) mass is 458 g/mol. The van der Waals surface area contributed by atoms with Gasteiger partial charge in [0.2, 0.25) is 5.91 Å². The number of amides is 3. The van der Waals surface area contributed by atoms with E-state index in [1.54, 1.807) is 12.0 Å². The van der Waals surface area contributed by atoms with Gasteiger partial charge in [-0.05, 0) is 37.0 Å². The fraction of sp³-hybridized carbons (Fsp3) is 0.583. The van der Waals surface area contributed by atoms with Crippen LogP contribution in [0.4, 0.5) is 4.79 Å². The lowest BCUT2D eigenvalue weighted by Gasteiger charge is -2.50. The van der Waals surface area contributed by atoms with E-state index in [0.29, 0.717) is 26.2 Å². The average molecular weight is 459 g/mol. The molecular weight excluding hydrogens is 424 g/mol. The van der Waals surface area contributed by atoms with E-state index in [2.05, 4.69) is 10.3 Å². The first-order valence-electron chi connectivity index (χ1n) is 11.6. The third-order valence-corrected chi connectivity index (χ3v) is 7.04. The molecule has 2 aliphatic heterocycles. The maximum absolute atomic E-state index is 13.0. The second-order valence-corrected chi connectivity index (χ2v) is 8.98. The third-order valence-electron chi connectivity index (χ3n) is 7.04. The molecule has 2 aliphatic rings. The molecule has 9 nitrogen and oxygen atoms in total. The van der Waals surface area contributed by atoms with Gasteiger partial charge < -0.3 is 34.7 Å². The van der Waals surface area contributed by atoms with Crippen molar-refractivity contribution in [3.63, 3.8) is 0 Å². The van der Waals surface area contributed by atoms with Crippen LogP contribution in [0.1, 0.15) is 43.5 Å². The summed E-state index contributed by atoms with van der Waals surface area (Å²) in [6.45, 7) is 4.16. The lowest BCUT2D eigenvalue weighted by Crippen LogP contribution is -2.57. The molecule has 1 aromatic carbocycles. The Morgan fingerprint density at radius 1 is 1.27 bits per heavy atom. The minimum atomic E-state index is -0.474. The SMILES string of the molecule is CCCNC(=O)N1CCC2(CC1)CN(C(=O)COC)[C@@H](CO)c1[nH]c3cc(OC)ccc3c12. The zero-order chi connectivity index (χ0) is 23.6. The van der Waals surface area contributed by atoms with E-state index in [1.807, 2.05) is 30.0 Å². The van der Waals surface area contributed by atoms with E-state index in [1.165, 1.54) is 7.11 Å². The fourth-order valence-electron chi connectivity index (χ4n) is 5.36. The number of nitrogens with one attached hydrogen (secondary N) is 2. The first-order valence-corrected chi connectivity index (χ1v) is 11.6. The lowest BCUT2D eigenvalue weighted by atomic mass is 9.68. The van der Waals surface area contributed by atoms with Crippen molar-refractivity contribution in [1.29, 1.82) is 0 Å². The van der Waals surface area contributed by atoms with Crippen molar-refractivity contribution in [3.05, 3.63) is 29.5 Å². The molecule has 33 heavy (non-hydrogen) atoms. The number of hydrogen-bond donors (Lipinski definition) is 3. The van der Waals surface area contributed by atoms with Gasteiger partial charge in [-0.1, -0.05) is 6.92 Å². The number of rotatable bonds is 6. The van der Waals surface area contributed by atoms with E-state index in [9.17, 15) is 14.7 Å². The molecule has 180 valence electrons. The summed E-state index contributed by atoms with van der Waals surface area (Å²) in [7, 11) is 3.13. The molecule has 0 bridgehead atoms. The fourth-order valence-corrected chi connectivity index (χ4v) is 5.36. The summed E-state index contributed by atoms with van der Waals surface area (Å²) in [6.07, 6.45) is 2.35. The minimum Gasteiger partial charge on any atom is -0.497 e. The van der Waals surface area contributed by atoms with Gasteiger partial charge in [-0.2, -0.15) is 0 Å². The summed E-state index contributed by atoms with van der Waals surface area (Å²) in [5.74, 6) is 0.589. The van der Waals surface area contributed by atoms with Gasteiger partial charge in [0.25, 0.3) is 0 Å². The molecule has 3 heterocycles. The summed E-state index contributed by atoms with van der Waals surface area (Å²) in [6, 6.07) is 5.43. The first kappa shape index (κ1) is 23.4. The van der Waals surface area contributed by atoms with Gasteiger partial charge in [-0.25, -0.2) is 4.79 Å². The number of urea groups is 1. The predicted octanol–water partition coefficient (Wildman–Crippen LogP) is 2.15. The summed E-state index contributed by atoms with van der Waals surface area (Å²) in [5, 5.41) is 14.3. The smallest absolute Gasteiger partial charge is 0.317 e. The van der Waals surface area contributed by atoms with Gasteiger partial charge in [0.15, 0.2) is 0 Å². The molecule has 1 spiro atoms. The molecule has 1 aromatic heterocycles. The standard InChI is InChI=1S/C24H34N4O5/c1-4-9-25-23(31)27-10-7-24(8-11-27)15-28(20(30)14-32-2)19(13-29)22-21(24)17-6-5-16(33-3)12-18(17)26-22/h5-6,12,19,26,29H,4,7-11,13-15H2,1-3H3,(H,25,31)/t19-/m0/s1. The van der Waals surface area contributed by atoms with E-state index >= 15 is 0 Å². The molecule has 1 saturated heterocycles. The molecule has 0 radical (unpaired) electrons. The highest BCUT2D eigenvalue weighted by atomic mass is 16.5. The van der Waals surface area contributed by atoms with E-state index in [0.717, 1.165) is 47.2 Å². The molecular formula is C24H34N4O5. The van der Waals surface area contributed by atoms with Crippen LogP contribution in [-0.2, 0) is 14.9 Å². The number of piperidine rings is 1. The second-order valence-electron chi connectivity index (χ2n) is 8.98. The quantitative estimate of drug-likeness (QED) is 0.615. The van der Waals surface area contributed by atoms with E-state index < -0.39 is 6.04 Å². The number of hydrogen-bond acceptors (Lipinski definition) is 5. The summed E-state index contributed by atoms with van der Waals surface area (Å²) in [5.41, 5.74) is 2.61. The number of aromatic nitrogens is 1. The number of carbonyl (C=O) groups excluding carboxylic acids is 2. The molecule has 1 atom stereocenters. The van der Waals surface area contributed by atoms with Gasteiger partial charge >= 0.3 is 6.03 Å². The van der Waals surface area contributed by atoms with E-state index in [4.69, 9.17) is 9.47 Å². The van der Waals surface area contributed by atoms with Gasteiger partial charge in [0.05, 0.1) is 19.8 Å². The Kier molecular flexibility index (Phi) is 6.81. The molecule has 3 amide bonds. The van der Waals surface area contributed by atoms with Crippen LogP contribution in [0, 0.1) is 0 Å². The molecule has 0 aliphatic carbocycles. The number of aliphatic hydroxyl groups excluding tert-OH is 1. The lowest BCUT2D eigenvalue weighted by molar-refractivity contribution is -0.141. The summed E-state index contributed by atoms with van der Waals surface area (Å²) < 4.78 is 10.5. The van der Waals surface area contributed by atoms with Crippen LogP contribution in [0.5, 0.6) is 5.75 Å². The number of carbonyl (C=O) groups is 2. The second kappa shape index (κ2) is 9.61. The van der Waals surface area contributed by atoms with Crippen LogP contribution in [0.25, 0.3) is 10.9 Å². The Labute approximate surface area is 194 Å². The van der Waals surface area contributed by atoms with Crippen molar-refractivity contribution in [2.45, 2.75) is 37.6 Å².